The molecule has 1 N–H and O–H groups in total. The molecule has 2 unspecified atom stereocenters. The van der Waals surface area contributed by atoms with Gasteiger partial charge in [0.2, 0.25) is 0 Å². The van der Waals surface area contributed by atoms with Gasteiger partial charge in [-0.15, -0.1) is 0 Å². The van der Waals surface area contributed by atoms with Gasteiger partial charge in [0.05, 0.1) is 6.61 Å². The third-order valence-electron chi connectivity index (χ3n) is 6.22. The van der Waals surface area contributed by atoms with Gasteiger partial charge in [-0.2, -0.15) is 0 Å². The van der Waals surface area contributed by atoms with E-state index in [1.54, 1.807) is 0 Å². The van der Waals surface area contributed by atoms with Crippen molar-refractivity contribution >= 4 is 27.1 Å². The Hall–Kier alpha value is -2.40. The Morgan fingerprint density at radius 1 is 0.909 bits per heavy atom. The molecule has 0 saturated carbocycles. The van der Waals surface area contributed by atoms with Crippen LogP contribution in [0.5, 0.6) is 5.75 Å². The quantitative estimate of drug-likeness (QED) is 0.180. The second-order valence-electron chi connectivity index (χ2n) is 8.66. The third kappa shape index (κ3) is 6.57. The average molecular weight is 506 g/mol. The molecule has 3 nitrogen and oxygen atoms in total. The van der Waals surface area contributed by atoms with Crippen LogP contribution >= 0.6 is 15.9 Å². The molecule has 1 aliphatic heterocycles. The number of likely N-dealkylation sites (N-methyl/N-ethyl adjacent to an activating group) is 1. The summed E-state index contributed by atoms with van der Waals surface area (Å²) in [4.78, 5) is 2.37. The number of aliphatic hydroxyl groups excluding tert-OH is 1. The summed E-state index contributed by atoms with van der Waals surface area (Å²) in [6.07, 6.45) is 3.82. The zero-order valence-electron chi connectivity index (χ0n) is 19.2. The highest BCUT2D eigenvalue weighted by molar-refractivity contribution is 9.10. The minimum absolute atomic E-state index is 0.174. The molecule has 0 amide bonds. The maximum absolute atomic E-state index is 9.57. The molecule has 0 radical (unpaired) electrons. The minimum atomic E-state index is 0.174. The van der Waals surface area contributed by atoms with Crippen LogP contribution < -0.4 is 4.74 Å². The van der Waals surface area contributed by atoms with E-state index in [9.17, 15) is 5.11 Å². The smallest absolute Gasteiger partial charge is 0.119 e. The molecule has 33 heavy (non-hydrogen) atoms. The summed E-state index contributed by atoms with van der Waals surface area (Å²) in [6.45, 7) is 2.15. The van der Waals surface area contributed by atoms with Crippen molar-refractivity contribution in [3.05, 3.63) is 100 Å². The topological polar surface area (TPSA) is 32.5 Å². The molecule has 1 fully saturated rings. The minimum Gasteiger partial charge on any atom is -0.494 e. The van der Waals surface area contributed by atoms with Gasteiger partial charge in [0.1, 0.15) is 5.75 Å². The molecular weight excluding hydrogens is 474 g/mol. The molecule has 2 atom stereocenters. The fourth-order valence-electron chi connectivity index (χ4n) is 4.26. The first-order chi connectivity index (χ1) is 16.2. The predicted molar refractivity (Wildman–Crippen MR) is 140 cm³/mol. The number of allylic oxidation sites excluding steroid dienone is 1. The van der Waals surface area contributed by atoms with E-state index >= 15 is 0 Å². The molecule has 3 aromatic rings. The molecule has 4 heteroatoms. The van der Waals surface area contributed by atoms with Crippen molar-refractivity contribution in [2.45, 2.75) is 31.7 Å². The van der Waals surface area contributed by atoms with Gasteiger partial charge >= 0.3 is 0 Å². The van der Waals surface area contributed by atoms with Crippen molar-refractivity contribution in [2.24, 2.45) is 0 Å². The maximum Gasteiger partial charge on any atom is 0.119 e. The Labute approximate surface area is 205 Å². The lowest BCUT2D eigenvalue weighted by atomic mass is 9.87. The SMILES string of the molecule is CN1CC1CCCOc1ccc(/C(=C(/CCCO)c2ccccc2)c2ccc(Br)cc2)cc1. The normalized spacial score (nSPS) is 18.0. The lowest BCUT2D eigenvalue weighted by molar-refractivity contribution is 0.290. The van der Waals surface area contributed by atoms with E-state index < -0.39 is 0 Å². The first-order valence-corrected chi connectivity index (χ1v) is 12.5. The molecule has 0 bridgehead atoms. The average Bonchev–Trinajstić information content (AvgIpc) is 3.56. The first kappa shape index (κ1) is 23.7. The molecule has 172 valence electrons. The molecule has 0 spiro atoms. The van der Waals surface area contributed by atoms with Crippen molar-refractivity contribution in [2.75, 3.05) is 26.8 Å². The van der Waals surface area contributed by atoms with Crippen LogP contribution in [0.2, 0.25) is 0 Å². The van der Waals surface area contributed by atoms with Gasteiger partial charge in [-0.25, -0.2) is 0 Å². The van der Waals surface area contributed by atoms with Crippen LogP contribution in [0.15, 0.2) is 83.3 Å². The highest BCUT2D eigenvalue weighted by Crippen LogP contribution is 2.36. The van der Waals surface area contributed by atoms with Gasteiger partial charge in [-0.1, -0.05) is 70.5 Å². The van der Waals surface area contributed by atoms with E-state index in [0.717, 1.165) is 53.3 Å². The van der Waals surface area contributed by atoms with Crippen LogP contribution in [0, 0.1) is 0 Å². The highest BCUT2D eigenvalue weighted by Gasteiger charge is 2.28. The second-order valence-corrected chi connectivity index (χ2v) is 9.58. The Morgan fingerprint density at radius 3 is 2.15 bits per heavy atom. The molecule has 0 aromatic heterocycles. The van der Waals surface area contributed by atoms with Gasteiger partial charge in [-0.3, -0.25) is 0 Å². The summed E-state index contributed by atoms with van der Waals surface area (Å²) in [5.41, 5.74) is 5.95. The van der Waals surface area contributed by atoms with E-state index in [1.807, 2.05) is 6.07 Å². The highest BCUT2D eigenvalue weighted by atomic mass is 79.9. The Balaban J connectivity index is 1.62. The summed E-state index contributed by atoms with van der Waals surface area (Å²) < 4.78 is 7.07. The number of nitrogens with zero attached hydrogens (tertiary/aromatic N) is 1. The van der Waals surface area contributed by atoms with Gasteiger partial charge < -0.3 is 14.7 Å². The first-order valence-electron chi connectivity index (χ1n) is 11.7. The molecule has 1 saturated heterocycles. The summed E-state index contributed by atoms with van der Waals surface area (Å²) >= 11 is 3.56. The number of aliphatic hydroxyl groups is 1. The molecule has 0 aliphatic carbocycles. The molecular formula is C29H32BrNO2. The van der Waals surface area contributed by atoms with E-state index in [-0.39, 0.29) is 6.61 Å². The summed E-state index contributed by atoms with van der Waals surface area (Å²) in [5.74, 6) is 0.912. The van der Waals surface area contributed by atoms with E-state index in [2.05, 4.69) is 101 Å². The standard InChI is InChI=1S/C29H32BrNO2/c1-31-21-26(31)9-6-20-33-27-17-13-24(14-18-27)29(23-11-15-25(30)16-12-23)28(10-5-19-32)22-7-3-2-4-8-22/h2-4,7-8,11-18,26,32H,5-6,9-10,19-21H2,1H3/b29-28-. The number of halogens is 1. The van der Waals surface area contributed by atoms with Crippen LogP contribution in [0.4, 0.5) is 0 Å². The lowest BCUT2D eigenvalue weighted by Gasteiger charge is -2.18. The number of benzene rings is 3. The zero-order chi connectivity index (χ0) is 23.0. The number of hydrogen-bond acceptors (Lipinski definition) is 3. The van der Waals surface area contributed by atoms with Crippen molar-refractivity contribution in [3.8, 4) is 5.75 Å². The van der Waals surface area contributed by atoms with Crippen LogP contribution in [-0.2, 0) is 0 Å². The van der Waals surface area contributed by atoms with Crippen LogP contribution in [-0.4, -0.2) is 42.9 Å². The molecule has 1 heterocycles. The molecule has 4 rings (SSSR count). The van der Waals surface area contributed by atoms with Gasteiger partial charge in [0.15, 0.2) is 0 Å². The van der Waals surface area contributed by atoms with E-state index in [1.165, 1.54) is 29.7 Å². The fourth-order valence-corrected chi connectivity index (χ4v) is 4.53. The summed E-state index contributed by atoms with van der Waals surface area (Å²) in [5, 5.41) is 9.57. The van der Waals surface area contributed by atoms with Crippen LogP contribution in [0.3, 0.4) is 0 Å². The van der Waals surface area contributed by atoms with Crippen LogP contribution in [0.1, 0.15) is 42.4 Å². The molecule has 3 aromatic carbocycles. The molecule has 1 aliphatic rings. The zero-order valence-corrected chi connectivity index (χ0v) is 20.8. The second kappa shape index (κ2) is 11.6. The predicted octanol–water partition coefficient (Wildman–Crippen LogP) is 6.65. The number of ether oxygens (including phenoxy) is 1. The number of rotatable bonds is 11. The largest absolute Gasteiger partial charge is 0.494 e. The summed E-state index contributed by atoms with van der Waals surface area (Å²) in [6, 6.07) is 28.2. The Morgan fingerprint density at radius 2 is 1.55 bits per heavy atom. The Bertz CT molecular complexity index is 1050. The number of hydrogen-bond donors (Lipinski definition) is 1. The maximum atomic E-state index is 9.57. The van der Waals surface area contributed by atoms with Crippen molar-refractivity contribution in [1.29, 1.82) is 0 Å². The van der Waals surface area contributed by atoms with Gasteiger partial charge in [0, 0.05) is 23.7 Å². The lowest BCUT2D eigenvalue weighted by Crippen LogP contribution is -2.02. The van der Waals surface area contributed by atoms with Crippen molar-refractivity contribution in [3.63, 3.8) is 0 Å². The van der Waals surface area contributed by atoms with E-state index in [4.69, 9.17) is 4.74 Å². The van der Waals surface area contributed by atoms with E-state index in [0.29, 0.717) is 0 Å². The van der Waals surface area contributed by atoms with Gasteiger partial charge in [-0.05, 0) is 84.8 Å². The van der Waals surface area contributed by atoms with Gasteiger partial charge in [0.25, 0.3) is 0 Å². The fraction of sp³-hybridized carbons (Fsp3) is 0.310. The third-order valence-corrected chi connectivity index (χ3v) is 6.75. The summed E-state index contributed by atoms with van der Waals surface area (Å²) in [7, 11) is 2.17. The van der Waals surface area contributed by atoms with Crippen molar-refractivity contribution < 1.29 is 9.84 Å². The van der Waals surface area contributed by atoms with Crippen LogP contribution in [0.25, 0.3) is 11.1 Å². The Kier molecular flexibility index (Phi) is 8.38. The monoisotopic (exact) mass is 505 g/mol. The van der Waals surface area contributed by atoms with Crippen molar-refractivity contribution in [1.82, 2.24) is 4.90 Å².